The second-order valence-electron chi connectivity index (χ2n) is 14.8. The fraction of sp³-hybridized carbons (Fsp3) is 0.500. The number of alkyl halides is 3. The topological polar surface area (TPSA) is 167 Å². The van der Waals surface area contributed by atoms with Crippen molar-refractivity contribution in [1.29, 1.82) is 0 Å². The van der Waals surface area contributed by atoms with Crippen LogP contribution in [0.4, 0.5) is 39.8 Å². The van der Waals surface area contributed by atoms with Gasteiger partial charge in [0, 0.05) is 30.9 Å². The Morgan fingerprint density at radius 1 is 1.12 bits per heavy atom. The highest BCUT2D eigenvalue weighted by molar-refractivity contribution is 6.36. The third kappa shape index (κ3) is 7.05. The maximum Gasteiger partial charge on any atom is 0.418 e. The van der Waals surface area contributed by atoms with Crippen LogP contribution in [0, 0.1) is 12.7 Å². The van der Waals surface area contributed by atoms with Gasteiger partial charge in [-0.15, -0.1) is 0 Å². The average Bonchev–Trinajstić information content (AvgIpc) is 3.68. The van der Waals surface area contributed by atoms with Crippen LogP contribution in [0.2, 0.25) is 5.02 Å². The van der Waals surface area contributed by atoms with E-state index in [1.807, 2.05) is 11.8 Å². The summed E-state index contributed by atoms with van der Waals surface area (Å²) in [5.74, 6) is -1.10. The average molecular weight is 816 g/mol. The number of carbonyl (C=O) groups excluding carboxylic acids is 1. The van der Waals surface area contributed by atoms with Gasteiger partial charge in [0.2, 0.25) is 0 Å². The van der Waals surface area contributed by atoms with Gasteiger partial charge in [-0.2, -0.15) is 23.1 Å². The minimum Gasteiger partial charge on any atom is -0.489 e. The number of benzene rings is 1. The first-order valence-corrected chi connectivity index (χ1v) is 19.2. The number of carbonyl (C=O) groups is 1. The summed E-state index contributed by atoms with van der Waals surface area (Å²) in [5, 5.41) is -0.401. The lowest BCUT2D eigenvalue weighted by atomic mass is 9.95. The lowest BCUT2D eigenvalue weighted by molar-refractivity contribution is -0.137. The lowest BCUT2D eigenvalue weighted by Gasteiger charge is -2.35. The maximum atomic E-state index is 17.2. The highest BCUT2D eigenvalue weighted by Crippen LogP contribution is 2.51. The minimum absolute atomic E-state index is 0.0119. The molecule has 0 bridgehead atoms. The predicted octanol–water partition coefficient (Wildman–Crippen LogP) is 6.18. The number of nitrogens with zero attached hydrogens (tertiary/aromatic N) is 7. The van der Waals surface area contributed by atoms with Crippen molar-refractivity contribution in [2.45, 2.75) is 63.3 Å². The number of nitrogen functional groups attached to an aromatic ring is 2. The van der Waals surface area contributed by atoms with Gasteiger partial charge in [0.1, 0.15) is 42.8 Å². The Kier molecular flexibility index (Phi) is 10.3. The number of ether oxygens (including phenoxy) is 4. The van der Waals surface area contributed by atoms with E-state index in [9.17, 15) is 18.0 Å². The Morgan fingerprint density at radius 2 is 1.91 bits per heavy atom. The number of nitrogens with two attached hydrogens (primary N) is 2. The molecule has 4 aromatic rings. The zero-order valence-corrected chi connectivity index (χ0v) is 32.1. The van der Waals surface area contributed by atoms with Crippen molar-refractivity contribution in [3.63, 3.8) is 0 Å². The third-order valence-electron chi connectivity index (χ3n) is 11.5. The molecule has 0 radical (unpaired) electrons. The number of rotatable bonds is 8. The van der Waals surface area contributed by atoms with Gasteiger partial charge in [0.25, 0.3) is 0 Å². The zero-order valence-electron chi connectivity index (χ0n) is 31.4. The Balaban J connectivity index is 1.20. The summed E-state index contributed by atoms with van der Waals surface area (Å²) in [6, 6.07) is 3.88. The van der Waals surface area contributed by atoms with Crippen LogP contribution in [0.25, 0.3) is 22.2 Å². The summed E-state index contributed by atoms with van der Waals surface area (Å²) in [5.41, 5.74) is 9.14. The lowest BCUT2D eigenvalue weighted by Crippen LogP contribution is -2.48. The SMILES string of the molecule is Cc1cc(N)nc(-c2c(Cl)c3c4c(nc(OCC56CCCN5C(COC(=O)N5CCOCC5)CC6)nc4c2F)N(C(C)c2cccnc2N)CCO3)c1C(F)(F)F. The van der Waals surface area contributed by atoms with Gasteiger partial charge in [-0.1, -0.05) is 17.7 Å². The predicted molar refractivity (Wildman–Crippen MR) is 203 cm³/mol. The van der Waals surface area contributed by atoms with Crippen LogP contribution in [-0.2, 0) is 15.7 Å². The highest BCUT2D eigenvalue weighted by Gasteiger charge is 2.50. The van der Waals surface area contributed by atoms with E-state index in [4.69, 9.17) is 47.0 Å². The van der Waals surface area contributed by atoms with Gasteiger partial charge in [0.15, 0.2) is 11.6 Å². The fourth-order valence-electron chi connectivity index (χ4n) is 8.76. The standard InChI is InChI=1S/C38H42ClF4N9O5/c1-20-17-24(44)47-30(27(20)38(41,42)43)25-28(39)32-26-31(29(25)40)48-35(49-34(26)51(13-16-55-32)21(2)23-5-3-9-46-33(23)45)57-19-37-7-4-10-52(37)22(6-8-37)18-56-36(53)50-11-14-54-15-12-50/h3,5,9,17,21-22H,4,6-8,10-16,18-19H2,1-2H3,(H2,44,47)(H2,45,46). The van der Waals surface area contributed by atoms with Crippen molar-refractivity contribution < 1.29 is 41.3 Å². The highest BCUT2D eigenvalue weighted by atomic mass is 35.5. The molecule has 3 atom stereocenters. The van der Waals surface area contributed by atoms with Crippen molar-refractivity contribution in [2.75, 3.05) is 75.6 Å². The minimum atomic E-state index is -4.94. The van der Waals surface area contributed by atoms with Gasteiger partial charge >= 0.3 is 18.3 Å². The van der Waals surface area contributed by atoms with Gasteiger partial charge in [-0.3, -0.25) is 4.90 Å². The number of anilines is 3. The molecule has 0 saturated carbocycles. The summed E-state index contributed by atoms with van der Waals surface area (Å²) in [4.78, 5) is 36.1. The Morgan fingerprint density at radius 3 is 2.67 bits per heavy atom. The molecule has 1 amide bonds. The van der Waals surface area contributed by atoms with E-state index >= 15 is 4.39 Å². The van der Waals surface area contributed by atoms with E-state index in [-0.39, 0.29) is 84.2 Å². The molecule has 3 saturated heterocycles. The fourth-order valence-corrected chi connectivity index (χ4v) is 9.08. The molecular weight excluding hydrogens is 774 g/mol. The van der Waals surface area contributed by atoms with Crippen LogP contribution in [-0.4, -0.2) is 107 Å². The van der Waals surface area contributed by atoms with Gasteiger partial charge < -0.3 is 40.2 Å². The number of fused-ring (bicyclic) bond motifs is 1. The van der Waals surface area contributed by atoms with Crippen molar-refractivity contribution in [3.8, 4) is 23.0 Å². The molecule has 4 aliphatic heterocycles. The van der Waals surface area contributed by atoms with E-state index < -0.39 is 45.4 Å². The molecule has 4 aliphatic rings. The molecule has 8 rings (SSSR count). The summed E-state index contributed by atoms with van der Waals surface area (Å²) in [6.07, 6.45) is -0.582. The van der Waals surface area contributed by atoms with Gasteiger partial charge in [-0.05, 0) is 63.8 Å². The molecule has 304 valence electrons. The number of morpholine rings is 1. The molecule has 7 heterocycles. The molecule has 3 fully saturated rings. The van der Waals surface area contributed by atoms with E-state index in [1.54, 1.807) is 23.2 Å². The normalized spacial score (nSPS) is 21.6. The molecule has 19 heteroatoms. The quantitative estimate of drug-likeness (QED) is 0.194. The van der Waals surface area contributed by atoms with Crippen LogP contribution >= 0.6 is 11.6 Å². The number of pyridine rings is 2. The number of aryl methyl sites for hydroxylation is 1. The van der Waals surface area contributed by atoms with E-state index in [0.29, 0.717) is 31.9 Å². The molecule has 4 N–H and O–H groups in total. The van der Waals surface area contributed by atoms with E-state index in [2.05, 4.69) is 19.9 Å². The van der Waals surface area contributed by atoms with Crippen LogP contribution in [0.3, 0.4) is 0 Å². The molecule has 57 heavy (non-hydrogen) atoms. The van der Waals surface area contributed by atoms with Gasteiger partial charge in [-0.25, -0.2) is 19.2 Å². The van der Waals surface area contributed by atoms with Gasteiger partial charge in [0.05, 0.1) is 58.6 Å². The first-order chi connectivity index (χ1) is 27.3. The largest absolute Gasteiger partial charge is 0.489 e. The smallest absolute Gasteiger partial charge is 0.418 e. The second kappa shape index (κ2) is 15.1. The van der Waals surface area contributed by atoms with Crippen molar-refractivity contribution in [3.05, 3.63) is 51.9 Å². The molecule has 3 aromatic heterocycles. The van der Waals surface area contributed by atoms with E-state index in [0.717, 1.165) is 38.3 Å². The monoisotopic (exact) mass is 815 g/mol. The molecule has 14 nitrogen and oxygen atoms in total. The molecular formula is C38H42ClF4N9O5. The Hall–Kier alpha value is -4.94. The van der Waals surface area contributed by atoms with Crippen LogP contribution < -0.4 is 25.8 Å². The van der Waals surface area contributed by atoms with Crippen molar-refractivity contribution in [2.24, 2.45) is 0 Å². The number of amides is 1. The van der Waals surface area contributed by atoms with Crippen molar-refractivity contribution >= 4 is 46.1 Å². The summed E-state index contributed by atoms with van der Waals surface area (Å²) in [7, 11) is 0. The van der Waals surface area contributed by atoms with E-state index in [1.165, 1.54) is 6.92 Å². The van der Waals surface area contributed by atoms with Crippen LogP contribution in [0.5, 0.6) is 11.8 Å². The molecule has 3 unspecified atom stereocenters. The summed E-state index contributed by atoms with van der Waals surface area (Å²) in [6.45, 7) is 6.25. The molecule has 0 aliphatic carbocycles. The summed E-state index contributed by atoms with van der Waals surface area (Å²) < 4.78 is 84.7. The summed E-state index contributed by atoms with van der Waals surface area (Å²) >= 11 is 6.86. The number of hydrogen-bond acceptors (Lipinski definition) is 13. The van der Waals surface area contributed by atoms with Crippen molar-refractivity contribution in [1.82, 2.24) is 29.7 Å². The first kappa shape index (κ1) is 38.9. The zero-order chi connectivity index (χ0) is 40.2. The number of halogens is 5. The Bertz CT molecular complexity index is 2210. The first-order valence-electron chi connectivity index (χ1n) is 18.8. The maximum absolute atomic E-state index is 17.2. The second-order valence-corrected chi connectivity index (χ2v) is 15.2. The number of hydrogen-bond donors (Lipinski definition) is 2. The molecule has 1 aromatic carbocycles. The number of aromatic nitrogens is 4. The molecule has 0 spiro atoms. The van der Waals surface area contributed by atoms with Crippen LogP contribution in [0.1, 0.15) is 55.3 Å². The Labute approximate surface area is 330 Å². The van der Waals surface area contributed by atoms with Crippen LogP contribution in [0.15, 0.2) is 24.4 Å². The third-order valence-corrected chi connectivity index (χ3v) is 11.9.